The molecule has 0 spiro atoms. The van der Waals surface area contributed by atoms with E-state index in [1.807, 2.05) is 43.3 Å². The lowest BCUT2D eigenvalue weighted by Gasteiger charge is -2.05. The Kier molecular flexibility index (Phi) is 4.57. The Balaban J connectivity index is 1.51. The van der Waals surface area contributed by atoms with E-state index in [0.29, 0.717) is 17.5 Å². The summed E-state index contributed by atoms with van der Waals surface area (Å²) in [6.07, 6.45) is 1.66. The van der Waals surface area contributed by atoms with Crippen LogP contribution >= 0.6 is 11.8 Å². The van der Waals surface area contributed by atoms with Gasteiger partial charge in [0.25, 0.3) is 0 Å². The van der Waals surface area contributed by atoms with Gasteiger partial charge < -0.3 is 13.4 Å². The van der Waals surface area contributed by atoms with Gasteiger partial charge in [0.05, 0.1) is 17.6 Å². The van der Waals surface area contributed by atoms with Crippen LogP contribution in [-0.2, 0) is 12.3 Å². The zero-order valence-electron chi connectivity index (χ0n) is 14.4. The van der Waals surface area contributed by atoms with Gasteiger partial charge in [-0.1, -0.05) is 30.0 Å². The van der Waals surface area contributed by atoms with Gasteiger partial charge in [0, 0.05) is 12.1 Å². The number of furan rings is 1. The number of aryl methyl sites for hydroxylation is 1. The van der Waals surface area contributed by atoms with Crippen LogP contribution < -0.4 is 0 Å². The third-order valence-electron chi connectivity index (χ3n) is 3.95. The molecule has 0 bridgehead atoms. The van der Waals surface area contributed by atoms with Crippen LogP contribution in [0.1, 0.15) is 18.6 Å². The van der Waals surface area contributed by atoms with E-state index in [1.54, 1.807) is 6.26 Å². The fourth-order valence-electron chi connectivity index (χ4n) is 2.63. The Morgan fingerprint density at radius 2 is 1.88 bits per heavy atom. The minimum Gasteiger partial charge on any atom is -0.469 e. The molecule has 0 saturated heterocycles. The highest BCUT2D eigenvalue weighted by Gasteiger charge is 2.17. The largest absolute Gasteiger partial charge is 0.469 e. The quantitative estimate of drug-likeness (QED) is 0.472. The second-order valence-electron chi connectivity index (χ2n) is 5.60. The molecule has 0 saturated carbocycles. The van der Waals surface area contributed by atoms with E-state index in [-0.39, 0.29) is 0 Å². The van der Waals surface area contributed by atoms with Gasteiger partial charge in [-0.05, 0) is 32.0 Å². The first-order valence-corrected chi connectivity index (χ1v) is 9.23. The van der Waals surface area contributed by atoms with E-state index >= 15 is 0 Å². The third-order valence-corrected chi connectivity index (χ3v) is 4.90. The molecule has 0 aliphatic rings. The fourth-order valence-corrected chi connectivity index (χ4v) is 3.47. The van der Waals surface area contributed by atoms with Crippen molar-refractivity contribution in [3.63, 3.8) is 0 Å². The first-order valence-electron chi connectivity index (χ1n) is 8.24. The summed E-state index contributed by atoms with van der Waals surface area (Å²) in [5.41, 5.74) is 1.86. The normalized spacial score (nSPS) is 11.2. The number of rotatable bonds is 6. The van der Waals surface area contributed by atoms with Gasteiger partial charge >= 0.3 is 0 Å². The Morgan fingerprint density at radius 3 is 2.62 bits per heavy atom. The number of nitrogens with zero attached hydrogens (tertiary/aromatic N) is 5. The van der Waals surface area contributed by atoms with Crippen molar-refractivity contribution < 1.29 is 8.83 Å². The van der Waals surface area contributed by atoms with E-state index in [4.69, 9.17) is 8.83 Å². The maximum absolute atomic E-state index is 5.75. The van der Waals surface area contributed by atoms with Gasteiger partial charge in [-0.3, -0.25) is 0 Å². The molecule has 0 radical (unpaired) electrons. The van der Waals surface area contributed by atoms with E-state index in [2.05, 4.69) is 31.9 Å². The molecule has 0 N–H and O–H groups in total. The highest BCUT2D eigenvalue weighted by atomic mass is 32.2. The summed E-state index contributed by atoms with van der Waals surface area (Å²) in [4.78, 5) is 0. The maximum Gasteiger partial charge on any atom is 0.247 e. The molecule has 0 fully saturated rings. The first-order chi connectivity index (χ1) is 12.8. The summed E-state index contributed by atoms with van der Waals surface area (Å²) in [5, 5.41) is 17.7. The molecule has 0 atom stereocenters. The molecule has 4 aromatic rings. The van der Waals surface area contributed by atoms with Crippen molar-refractivity contribution in [2.75, 3.05) is 0 Å². The van der Waals surface area contributed by atoms with Crippen LogP contribution in [0.5, 0.6) is 0 Å². The van der Waals surface area contributed by atoms with Crippen LogP contribution in [-0.4, -0.2) is 25.0 Å². The van der Waals surface area contributed by atoms with Gasteiger partial charge in [0.1, 0.15) is 5.76 Å². The van der Waals surface area contributed by atoms with Gasteiger partial charge in [0.15, 0.2) is 11.0 Å². The van der Waals surface area contributed by atoms with Gasteiger partial charge in [-0.15, -0.1) is 20.4 Å². The third kappa shape index (κ3) is 3.15. The smallest absolute Gasteiger partial charge is 0.247 e. The minimum atomic E-state index is 0.521. The van der Waals surface area contributed by atoms with E-state index < -0.39 is 0 Å². The van der Waals surface area contributed by atoms with E-state index in [0.717, 1.165) is 34.4 Å². The van der Waals surface area contributed by atoms with Gasteiger partial charge in [-0.25, -0.2) is 0 Å². The summed E-state index contributed by atoms with van der Waals surface area (Å²) >= 11 is 1.52. The predicted molar refractivity (Wildman–Crippen MR) is 97.4 cm³/mol. The van der Waals surface area contributed by atoms with Crippen molar-refractivity contribution in [2.45, 2.75) is 31.3 Å². The molecule has 3 heterocycles. The lowest BCUT2D eigenvalue weighted by atomic mass is 10.2. The van der Waals surface area contributed by atoms with Crippen LogP contribution in [0.4, 0.5) is 0 Å². The van der Waals surface area contributed by atoms with Gasteiger partial charge in [0.2, 0.25) is 11.8 Å². The van der Waals surface area contributed by atoms with Crippen molar-refractivity contribution in [2.24, 2.45) is 0 Å². The molecule has 0 aliphatic heterocycles. The summed E-state index contributed by atoms with van der Waals surface area (Å²) in [6.45, 7) is 4.74. The molecule has 8 heteroatoms. The number of hydrogen-bond donors (Lipinski definition) is 0. The zero-order valence-corrected chi connectivity index (χ0v) is 15.2. The predicted octanol–water partition coefficient (Wildman–Crippen LogP) is 4.21. The monoisotopic (exact) mass is 367 g/mol. The lowest BCUT2D eigenvalue weighted by Crippen LogP contribution is -2.00. The minimum absolute atomic E-state index is 0.521. The lowest BCUT2D eigenvalue weighted by molar-refractivity contribution is 0.528. The highest BCUT2D eigenvalue weighted by molar-refractivity contribution is 7.98. The molecule has 1 aromatic carbocycles. The van der Waals surface area contributed by atoms with Crippen LogP contribution in [0.2, 0.25) is 0 Å². The molecular weight excluding hydrogens is 350 g/mol. The second-order valence-corrected chi connectivity index (χ2v) is 6.54. The zero-order chi connectivity index (χ0) is 17.9. The molecular formula is C18H17N5O2S. The van der Waals surface area contributed by atoms with Crippen LogP contribution in [0.15, 0.2) is 56.7 Å². The van der Waals surface area contributed by atoms with Gasteiger partial charge in [-0.2, -0.15) is 0 Å². The molecule has 3 aromatic heterocycles. The summed E-state index contributed by atoms with van der Waals surface area (Å²) in [6, 6.07) is 11.6. The van der Waals surface area contributed by atoms with Crippen molar-refractivity contribution in [1.29, 1.82) is 0 Å². The van der Waals surface area contributed by atoms with Crippen molar-refractivity contribution in [3.8, 4) is 22.8 Å². The first kappa shape index (κ1) is 16.6. The second kappa shape index (κ2) is 7.17. The van der Waals surface area contributed by atoms with E-state index in [9.17, 15) is 0 Å². The Hall–Kier alpha value is -2.87. The Bertz CT molecular complexity index is 1010. The molecule has 0 aliphatic carbocycles. The summed E-state index contributed by atoms with van der Waals surface area (Å²) < 4.78 is 13.2. The summed E-state index contributed by atoms with van der Waals surface area (Å²) in [5.74, 6) is 3.24. The number of hydrogen-bond acceptors (Lipinski definition) is 7. The standard InChI is InChI=1S/C18H17N5O2S/c1-3-23-16(14-9-10-24-12(14)2)20-22-18(23)26-11-15-19-21-17(25-15)13-7-5-4-6-8-13/h4-10H,3,11H2,1-2H3. The van der Waals surface area contributed by atoms with Crippen molar-refractivity contribution in [1.82, 2.24) is 25.0 Å². The van der Waals surface area contributed by atoms with E-state index in [1.165, 1.54) is 11.8 Å². The fraction of sp³-hybridized carbons (Fsp3) is 0.222. The number of thioether (sulfide) groups is 1. The molecule has 0 amide bonds. The average molecular weight is 367 g/mol. The maximum atomic E-state index is 5.75. The highest BCUT2D eigenvalue weighted by Crippen LogP contribution is 2.29. The topological polar surface area (TPSA) is 82.8 Å². The molecule has 7 nitrogen and oxygen atoms in total. The Labute approximate surface area is 154 Å². The summed E-state index contributed by atoms with van der Waals surface area (Å²) in [7, 11) is 0. The van der Waals surface area contributed by atoms with Crippen molar-refractivity contribution in [3.05, 3.63) is 54.3 Å². The average Bonchev–Trinajstić information content (AvgIpc) is 3.39. The SMILES string of the molecule is CCn1c(SCc2nnc(-c3ccccc3)o2)nnc1-c1ccoc1C. The van der Waals surface area contributed by atoms with Crippen LogP contribution in [0.25, 0.3) is 22.8 Å². The molecule has 4 rings (SSSR count). The molecule has 26 heavy (non-hydrogen) atoms. The molecule has 132 valence electrons. The van der Waals surface area contributed by atoms with Crippen LogP contribution in [0, 0.1) is 6.92 Å². The van der Waals surface area contributed by atoms with Crippen LogP contribution in [0.3, 0.4) is 0 Å². The molecule has 0 unspecified atom stereocenters. The Morgan fingerprint density at radius 1 is 1.04 bits per heavy atom. The van der Waals surface area contributed by atoms with Crippen molar-refractivity contribution >= 4 is 11.8 Å². The number of benzene rings is 1. The number of aromatic nitrogens is 5.